The maximum atomic E-state index is 13.4. The molecule has 0 saturated heterocycles. The minimum absolute atomic E-state index is 0.234. The summed E-state index contributed by atoms with van der Waals surface area (Å²) in [7, 11) is 0. The molecular formula is C14H17FO2. The molecule has 1 aromatic carbocycles. The highest BCUT2D eigenvalue weighted by Gasteiger charge is 2.03. The van der Waals surface area contributed by atoms with E-state index in [-0.39, 0.29) is 18.4 Å². The number of carbonyl (C=O) groups is 1. The highest BCUT2D eigenvalue weighted by molar-refractivity contribution is 5.66. The Hall–Kier alpha value is -1.64. The minimum Gasteiger partial charge on any atom is -0.461 e. The highest BCUT2D eigenvalue weighted by atomic mass is 19.1. The second kappa shape index (κ2) is 6.84. The minimum atomic E-state index is -0.319. The summed E-state index contributed by atoms with van der Waals surface area (Å²) < 4.78 is 18.4. The van der Waals surface area contributed by atoms with Crippen molar-refractivity contribution < 1.29 is 13.9 Å². The fourth-order valence-corrected chi connectivity index (χ4v) is 1.51. The van der Waals surface area contributed by atoms with E-state index in [1.54, 1.807) is 24.3 Å². The molecule has 0 saturated carbocycles. The zero-order chi connectivity index (χ0) is 12.7. The lowest BCUT2D eigenvalue weighted by Crippen LogP contribution is -2.03. The molecule has 17 heavy (non-hydrogen) atoms. The van der Waals surface area contributed by atoms with Crippen molar-refractivity contribution >= 4 is 12.0 Å². The number of esters is 1. The summed E-state index contributed by atoms with van der Waals surface area (Å²) in [6.45, 7) is 3.63. The predicted octanol–water partition coefficient (Wildman–Crippen LogP) is 3.57. The van der Waals surface area contributed by atoms with Gasteiger partial charge in [-0.2, -0.15) is 0 Å². The van der Waals surface area contributed by atoms with Crippen LogP contribution in [0.25, 0.3) is 6.08 Å². The zero-order valence-electron chi connectivity index (χ0n) is 10.2. The molecule has 0 spiro atoms. The molecule has 1 rings (SSSR count). The Morgan fingerprint density at radius 2 is 2.12 bits per heavy atom. The Balaban J connectivity index is 2.82. The number of halogens is 1. The van der Waals surface area contributed by atoms with Gasteiger partial charge < -0.3 is 4.74 Å². The molecule has 0 atom stereocenters. The van der Waals surface area contributed by atoms with E-state index in [4.69, 9.17) is 4.74 Å². The van der Waals surface area contributed by atoms with Crippen LogP contribution in [0.2, 0.25) is 0 Å². The summed E-state index contributed by atoms with van der Waals surface area (Å²) in [4.78, 5) is 10.7. The van der Waals surface area contributed by atoms with E-state index in [9.17, 15) is 9.18 Å². The number of benzene rings is 1. The molecule has 0 aliphatic carbocycles. The SMILES string of the molecule is CCCC(=Cc1ccccc1F)COC(C)=O. The third kappa shape index (κ3) is 4.81. The van der Waals surface area contributed by atoms with Crippen LogP contribution in [0, 0.1) is 5.82 Å². The molecular weight excluding hydrogens is 219 g/mol. The van der Waals surface area contributed by atoms with Crippen LogP contribution in [0.1, 0.15) is 32.3 Å². The van der Waals surface area contributed by atoms with Gasteiger partial charge in [-0.3, -0.25) is 4.79 Å². The number of hydrogen-bond donors (Lipinski definition) is 0. The van der Waals surface area contributed by atoms with Gasteiger partial charge in [0.15, 0.2) is 0 Å². The van der Waals surface area contributed by atoms with E-state index in [1.807, 2.05) is 6.92 Å². The molecule has 0 heterocycles. The molecule has 0 unspecified atom stereocenters. The molecule has 0 aliphatic heterocycles. The van der Waals surface area contributed by atoms with Crippen LogP contribution in [0.3, 0.4) is 0 Å². The second-order valence-corrected chi connectivity index (χ2v) is 3.85. The third-order valence-corrected chi connectivity index (χ3v) is 2.30. The molecule has 92 valence electrons. The molecule has 0 radical (unpaired) electrons. The Labute approximate surface area is 101 Å². The fourth-order valence-electron chi connectivity index (χ4n) is 1.51. The van der Waals surface area contributed by atoms with Gasteiger partial charge in [0, 0.05) is 12.5 Å². The monoisotopic (exact) mass is 236 g/mol. The van der Waals surface area contributed by atoms with Crippen molar-refractivity contribution in [3.05, 3.63) is 41.2 Å². The Kier molecular flexibility index (Phi) is 5.40. The van der Waals surface area contributed by atoms with E-state index < -0.39 is 0 Å². The van der Waals surface area contributed by atoms with Crippen molar-refractivity contribution in [3.63, 3.8) is 0 Å². The number of hydrogen-bond acceptors (Lipinski definition) is 2. The molecule has 0 N–H and O–H groups in total. The van der Waals surface area contributed by atoms with Crippen LogP contribution in [0.15, 0.2) is 29.8 Å². The summed E-state index contributed by atoms with van der Waals surface area (Å²) >= 11 is 0. The van der Waals surface area contributed by atoms with Gasteiger partial charge in [-0.25, -0.2) is 4.39 Å². The van der Waals surface area contributed by atoms with E-state index in [0.29, 0.717) is 5.56 Å². The van der Waals surface area contributed by atoms with Crippen LogP contribution in [0.4, 0.5) is 4.39 Å². The van der Waals surface area contributed by atoms with Gasteiger partial charge >= 0.3 is 5.97 Å². The van der Waals surface area contributed by atoms with Gasteiger partial charge in [0.05, 0.1) is 0 Å². The summed E-state index contributed by atoms with van der Waals surface area (Å²) in [5.74, 6) is -0.579. The summed E-state index contributed by atoms with van der Waals surface area (Å²) in [6, 6.07) is 6.56. The normalized spacial score (nSPS) is 11.4. The van der Waals surface area contributed by atoms with Crippen molar-refractivity contribution in [2.24, 2.45) is 0 Å². The predicted molar refractivity (Wildman–Crippen MR) is 65.9 cm³/mol. The summed E-state index contributed by atoms with van der Waals surface area (Å²) in [5.41, 5.74) is 1.45. The second-order valence-electron chi connectivity index (χ2n) is 3.85. The average molecular weight is 236 g/mol. The zero-order valence-corrected chi connectivity index (χ0v) is 10.2. The maximum absolute atomic E-state index is 13.4. The number of rotatable bonds is 5. The fraction of sp³-hybridized carbons (Fsp3) is 0.357. The van der Waals surface area contributed by atoms with Gasteiger partial charge in [0.25, 0.3) is 0 Å². The standard InChI is InChI=1S/C14H17FO2/c1-3-6-12(10-17-11(2)16)9-13-7-4-5-8-14(13)15/h4-5,7-9H,3,6,10H2,1-2H3. The van der Waals surface area contributed by atoms with Crippen LogP contribution >= 0.6 is 0 Å². The van der Waals surface area contributed by atoms with Crippen molar-refractivity contribution in [2.45, 2.75) is 26.7 Å². The number of carbonyl (C=O) groups excluding carboxylic acids is 1. The van der Waals surface area contributed by atoms with Gasteiger partial charge in [-0.15, -0.1) is 0 Å². The van der Waals surface area contributed by atoms with Crippen molar-refractivity contribution in [3.8, 4) is 0 Å². The lowest BCUT2D eigenvalue weighted by molar-refractivity contribution is -0.140. The molecule has 0 bridgehead atoms. The van der Waals surface area contributed by atoms with Gasteiger partial charge in [0.1, 0.15) is 12.4 Å². The Bertz CT molecular complexity index is 410. The van der Waals surface area contributed by atoms with Crippen LogP contribution in [0.5, 0.6) is 0 Å². The van der Waals surface area contributed by atoms with Gasteiger partial charge in [-0.1, -0.05) is 31.5 Å². The van der Waals surface area contributed by atoms with Crippen molar-refractivity contribution in [1.29, 1.82) is 0 Å². The quantitative estimate of drug-likeness (QED) is 0.730. The average Bonchev–Trinajstić information content (AvgIpc) is 2.29. The van der Waals surface area contributed by atoms with E-state index >= 15 is 0 Å². The first-order chi connectivity index (χ1) is 8.13. The van der Waals surface area contributed by atoms with E-state index in [1.165, 1.54) is 13.0 Å². The van der Waals surface area contributed by atoms with Gasteiger partial charge in [-0.05, 0) is 24.1 Å². The van der Waals surface area contributed by atoms with Crippen LogP contribution in [-0.4, -0.2) is 12.6 Å². The largest absolute Gasteiger partial charge is 0.461 e. The van der Waals surface area contributed by atoms with Gasteiger partial charge in [0.2, 0.25) is 0 Å². The lowest BCUT2D eigenvalue weighted by Gasteiger charge is -2.07. The molecule has 3 heteroatoms. The summed E-state index contributed by atoms with van der Waals surface area (Å²) in [5, 5.41) is 0. The van der Waals surface area contributed by atoms with Crippen LogP contribution in [-0.2, 0) is 9.53 Å². The smallest absolute Gasteiger partial charge is 0.302 e. The first-order valence-corrected chi connectivity index (χ1v) is 5.70. The Morgan fingerprint density at radius 1 is 1.41 bits per heavy atom. The topological polar surface area (TPSA) is 26.3 Å². The molecule has 0 fully saturated rings. The van der Waals surface area contributed by atoms with Crippen LogP contribution < -0.4 is 0 Å². The molecule has 0 amide bonds. The third-order valence-electron chi connectivity index (χ3n) is 2.30. The van der Waals surface area contributed by atoms with Crippen molar-refractivity contribution in [1.82, 2.24) is 0 Å². The maximum Gasteiger partial charge on any atom is 0.302 e. The molecule has 1 aromatic rings. The van der Waals surface area contributed by atoms with Crippen molar-refractivity contribution in [2.75, 3.05) is 6.61 Å². The highest BCUT2D eigenvalue weighted by Crippen LogP contribution is 2.15. The molecule has 0 aliphatic rings. The lowest BCUT2D eigenvalue weighted by atomic mass is 10.1. The van der Waals surface area contributed by atoms with E-state index in [2.05, 4.69) is 0 Å². The molecule has 0 aromatic heterocycles. The number of ether oxygens (including phenoxy) is 1. The Morgan fingerprint density at radius 3 is 2.71 bits per heavy atom. The summed E-state index contributed by atoms with van der Waals surface area (Å²) in [6.07, 6.45) is 3.48. The first-order valence-electron chi connectivity index (χ1n) is 5.70. The first kappa shape index (κ1) is 13.4. The van der Waals surface area contributed by atoms with E-state index in [0.717, 1.165) is 18.4 Å². The molecule has 2 nitrogen and oxygen atoms in total.